The Hall–Kier alpha value is -0.900. The Balaban J connectivity index is 1.65. The fourth-order valence-corrected chi connectivity index (χ4v) is 2.91. The summed E-state index contributed by atoms with van der Waals surface area (Å²) >= 11 is 0. The monoisotopic (exact) mass is 248 g/mol. The lowest BCUT2D eigenvalue weighted by molar-refractivity contribution is -0.193. The standard InChI is InChI=1S/C15H20O3/c1-10-13-9-17-15(18-13)11(2)14(10)16-8-12-6-4-3-5-7-12/h3-7,10-11,13-15H,8-9H2,1-2H3/t10-,11-,13-,14+,15-/m1/s1. The molecule has 1 aromatic carbocycles. The van der Waals surface area contributed by atoms with Gasteiger partial charge in [-0.05, 0) is 5.56 Å². The second-order valence-corrected chi connectivity index (χ2v) is 5.36. The molecular weight excluding hydrogens is 228 g/mol. The number of hydrogen-bond donors (Lipinski definition) is 0. The van der Waals surface area contributed by atoms with E-state index in [2.05, 4.69) is 26.0 Å². The fraction of sp³-hybridized carbons (Fsp3) is 0.600. The van der Waals surface area contributed by atoms with Gasteiger partial charge in [0, 0.05) is 11.8 Å². The molecule has 2 aliphatic heterocycles. The average Bonchev–Trinajstić information content (AvgIpc) is 2.85. The Morgan fingerprint density at radius 1 is 1.17 bits per heavy atom. The van der Waals surface area contributed by atoms with Gasteiger partial charge in [-0.1, -0.05) is 44.2 Å². The molecule has 0 spiro atoms. The van der Waals surface area contributed by atoms with Crippen molar-refractivity contribution in [2.45, 2.75) is 39.0 Å². The van der Waals surface area contributed by atoms with E-state index in [0.717, 1.165) is 0 Å². The van der Waals surface area contributed by atoms with Gasteiger partial charge >= 0.3 is 0 Å². The van der Waals surface area contributed by atoms with Gasteiger partial charge in [-0.2, -0.15) is 0 Å². The Morgan fingerprint density at radius 3 is 2.72 bits per heavy atom. The van der Waals surface area contributed by atoms with Gasteiger partial charge in [-0.25, -0.2) is 0 Å². The number of benzene rings is 1. The van der Waals surface area contributed by atoms with Crippen molar-refractivity contribution in [3.05, 3.63) is 35.9 Å². The van der Waals surface area contributed by atoms with Crippen LogP contribution in [0, 0.1) is 11.8 Å². The molecule has 2 heterocycles. The maximum absolute atomic E-state index is 6.11. The number of fused-ring (bicyclic) bond motifs is 2. The van der Waals surface area contributed by atoms with Crippen molar-refractivity contribution in [3.63, 3.8) is 0 Å². The van der Waals surface area contributed by atoms with Crippen LogP contribution in [0.15, 0.2) is 30.3 Å². The first-order valence-electron chi connectivity index (χ1n) is 6.68. The molecule has 0 aliphatic carbocycles. The van der Waals surface area contributed by atoms with E-state index in [9.17, 15) is 0 Å². The van der Waals surface area contributed by atoms with Crippen molar-refractivity contribution in [1.29, 1.82) is 0 Å². The van der Waals surface area contributed by atoms with Crippen LogP contribution in [-0.2, 0) is 20.8 Å². The van der Waals surface area contributed by atoms with Crippen molar-refractivity contribution in [2.75, 3.05) is 6.61 Å². The molecule has 3 rings (SSSR count). The maximum atomic E-state index is 6.11. The van der Waals surface area contributed by atoms with Crippen LogP contribution in [0.2, 0.25) is 0 Å². The Labute approximate surface area is 108 Å². The average molecular weight is 248 g/mol. The molecule has 18 heavy (non-hydrogen) atoms. The molecule has 98 valence electrons. The molecule has 2 fully saturated rings. The Kier molecular flexibility index (Phi) is 3.37. The van der Waals surface area contributed by atoms with Gasteiger partial charge in [-0.15, -0.1) is 0 Å². The predicted molar refractivity (Wildman–Crippen MR) is 68.0 cm³/mol. The normalized spacial score (nSPS) is 38.9. The van der Waals surface area contributed by atoms with E-state index in [1.807, 2.05) is 18.2 Å². The Morgan fingerprint density at radius 2 is 1.94 bits per heavy atom. The van der Waals surface area contributed by atoms with Crippen molar-refractivity contribution in [3.8, 4) is 0 Å². The highest BCUT2D eigenvalue weighted by Gasteiger charge is 2.47. The highest BCUT2D eigenvalue weighted by Crippen LogP contribution is 2.37. The molecule has 3 nitrogen and oxygen atoms in total. The summed E-state index contributed by atoms with van der Waals surface area (Å²) in [6.45, 7) is 5.72. The van der Waals surface area contributed by atoms with Crippen molar-refractivity contribution < 1.29 is 14.2 Å². The summed E-state index contributed by atoms with van der Waals surface area (Å²) in [5.41, 5.74) is 1.22. The SMILES string of the molecule is C[C@H]1[C@@H]2OC[C@@H](O2)[C@@H](C)[C@@H]1OCc1ccccc1. The first kappa shape index (κ1) is 12.2. The van der Waals surface area contributed by atoms with E-state index in [-0.39, 0.29) is 18.5 Å². The maximum Gasteiger partial charge on any atom is 0.163 e. The number of ether oxygens (including phenoxy) is 3. The van der Waals surface area contributed by atoms with Crippen molar-refractivity contribution >= 4 is 0 Å². The fourth-order valence-electron chi connectivity index (χ4n) is 2.91. The minimum Gasteiger partial charge on any atom is -0.373 e. The molecule has 5 atom stereocenters. The van der Waals surface area contributed by atoms with E-state index < -0.39 is 0 Å². The molecule has 2 saturated heterocycles. The van der Waals surface area contributed by atoms with Crippen LogP contribution in [0.3, 0.4) is 0 Å². The van der Waals surface area contributed by atoms with Crippen LogP contribution in [-0.4, -0.2) is 25.1 Å². The van der Waals surface area contributed by atoms with Gasteiger partial charge < -0.3 is 14.2 Å². The summed E-state index contributed by atoms with van der Waals surface area (Å²) in [6, 6.07) is 10.3. The van der Waals surface area contributed by atoms with Gasteiger partial charge in [0.15, 0.2) is 6.29 Å². The first-order chi connectivity index (χ1) is 8.75. The summed E-state index contributed by atoms with van der Waals surface area (Å²) in [5.74, 6) is 0.685. The zero-order valence-corrected chi connectivity index (χ0v) is 10.9. The molecule has 0 aromatic heterocycles. The lowest BCUT2D eigenvalue weighted by Crippen LogP contribution is -2.45. The van der Waals surface area contributed by atoms with Gasteiger partial charge in [0.25, 0.3) is 0 Å². The molecule has 0 unspecified atom stereocenters. The molecule has 2 bridgehead atoms. The molecular formula is C15H20O3. The van der Waals surface area contributed by atoms with Gasteiger partial charge in [0.2, 0.25) is 0 Å². The van der Waals surface area contributed by atoms with Crippen LogP contribution in [0.4, 0.5) is 0 Å². The van der Waals surface area contributed by atoms with E-state index in [4.69, 9.17) is 14.2 Å². The lowest BCUT2D eigenvalue weighted by Gasteiger charge is -2.37. The minimum atomic E-state index is -0.0769. The minimum absolute atomic E-state index is 0.0769. The number of hydrogen-bond acceptors (Lipinski definition) is 3. The molecule has 0 amide bonds. The molecule has 2 aliphatic rings. The third-order valence-corrected chi connectivity index (χ3v) is 4.07. The smallest absolute Gasteiger partial charge is 0.163 e. The zero-order chi connectivity index (χ0) is 12.5. The molecule has 1 aromatic rings. The highest BCUT2D eigenvalue weighted by molar-refractivity contribution is 5.13. The van der Waals surface area contributed by atoms with E-state index in [0.29, 0.717) is 25.0 Å². The molecule has 3 heteroatoms. The number of rotatable bonds is 3. The van der Waals surface area contributed by atoms with Gasteiger partial charge in [0.05, 0.1) is 25.4 Å². The quantitative estimate of drug-likeness (QED) is 0.823. The van der Waals surface area contributed by atoms with Crippen LogP contribution < -0.4 is 0 Å². The second-order valence-electron chi connectivity index (χ2n) is 5.36. The second kappa shape index (κ2) is 5.00. The first-order valence-corrected chi connectivity index (χ1v) is 6.68. The highest BCUT2D eigenvalue weighted by atomic mass is 16.7. The largest absolute Gasteiger partial charge is 0.373 e. The molecule has 0 saturated carbocycles. The lowest BCUT2D eigenvalue weighted by atomic mass is 9.87. The third kappa shape index (κ3) is 2.18. The Bertz CT molecular complexity index is 376. The van der Waals surface area contributed by atoms with E-state index in [1.165, 1.54) is 5.56 Å². The van der Waals surface area contributed by atoms with Gasteiger partial charge in [0.1, 0.15) is 0 Å². The summed E-state index contributed by atoms with van der Waals surface area (Å²) in [7, 11) is 0. The molecule has 0 N–H and O–H groups in total. The predicted octanol–water partition coefficient (Wildman–Crippen LogP) is 2.60. The van der Waals surface area contributed by atoms with E-state index in [1.54, 1.807) is 0 Å². The summed E-state index contributed by atoms with van der Waals surface area (Å²) in [4.78, 5) is 0. The van der Waals surface area contributed by atoms with E-state index >= 15 is 0 Å². The van der Waals surface area contributed by atoms with Crippen molar-refractivity contribution in [1.82, 2.24) is 0 Å². The van der Waals surface area contributed by atoms with Crippen LogP contribution in [0.25, 0.3) is 0 Å². The third-order valence-electron chi connectivity index (χ3n) is 4.07. The van der Waals surface area contributed by atoms with Crippen LogP contribution in [0.5, 0.6) is 0 Å². The van der Waals surface area contributed by atoms with Gasteiger partial charge in [-0.3, -0.25) is 0 Å². The van der Waals surface area contributed by atoms with Crippen LogP contribution >= 0.6 is 0 Å². The summed E-state index contributed by atoms with van der Waals surface area (Å²) < 4.78 is 17.6. The van der Waals surface area contributed by atoms with Crippen LogP contribution in [0.1, 0.15) is 19.4 Å². The molecule has 0 radical (unpaired) electrons. The topological polar surface area (TPSA) is 27.7 Å². The summed E-state index contributed by atoms with van der Waals surface area (Å²) in [5, 5.41) is 0. The summed E-state index contributed by atoms with van der Waals surface area (Å²) in [6.07, 6.45) is 0.343. The zero-order valence-electron chi connectivity index (χ0n) is 10.9. The van der Waals surface area contributed by atoms with Crippen molar-refractivity contribution in [2.24, 2.45) is 11.8 Å².